The highest BCUT2D eigenvalue weighted by molar-refractivity contribution is 7.14. The predicted molar refractivity (Wildman–Crippen MR) is 111 cm³/mol. The summed E-state index contributed by atoms with van der Waals surface area (Å²) in [5, 5.41) is 10.6. The molecule has 146 valence electrons. The molecule has 2 heterocycles. The van der Waals surface area contributed by atoms with Gasteiger partial charge in [-0.25, -0.2) is 0 Å². The molecule has 0 atom stereocenters. The van der Waals surface area contributed by atoms with Gasteiger partial charge >= 0.3 is 0 Å². The Morgan fingerprint density at radius 2 is 2.08 bits per heavy atom. The van der Waals surface area contributed by atoms with E-state index in [1.165, 1.54) is 30.7 Å². The minimum absolute atomic E-state index is 0.513. The third-order valence-corrected chi connectivity index (χ3v) is 6.15. The van der Waals surface area contributed by atoms with Crippen molar-refractivity contribution < 1.29 is 4.74 Å². The fourth-order valence-electron chi connectivity index (χ4n) is 3.77. The Kier molecular flexibility index (Phi) is 8.08. The van der Waals surface area contributed by atoms with Crippen LogP contribution in [0.4, 0.5) is 5.00 Å². The summed E-state index contributed by atoms with van der Waals surface area (Å²) in [4.78, 5) is 7.24. The van der Waals surface area contributed by atoms with E-state index >= 15 is 0 Å². The number of guanidine groups is 1. The van der Waals surface area contributed by atoms with Gasteiger partial charge in [-0.15, -0.1) is 11.3 Å². The predicted octanol–water partition coefficient (Wildman–Crippen LogP) is 3.62. The summed E-state index contributed by atoms with van der Waals surface area (Å²) in [6.45, 7) is 6.93. The molecule has 0 unspecified atom stereocenters. The summed E-state index contributed by atoms with van der Waals surface area (Å²) in [7, 11) is 0. The summed E-state index contributed by atoms with van der Waals surface area (Å²) in [5.41, 5.74) is 0. The van der Waals surface area contributed by atoms with Gasteiger partial charge in [-0.2, -0.15) is 0 Å². The van der Waals surface area contributed by atoms with E-state index < -0.39 is 0 Å². The van der Waals surface area contributed by atoms with Gasteiger partial charge in [0.1, 0.15) is 0 Å². The molecule has 6 heteroatoms. The average Bonchev–Trinajstić information content (AvgIpc) is 3.36. The third kappa shape index (κ3) is 6.16. The van der Waals surface area contributed by atoms with Crippen LogP contribution in [0.1, 0.15) is 51.9 Å². The molecule has 0 spiro atoms. The average molecular weight is 379 g/mol. The number of rotatable bonds is 8. The smallest absolute Gasteiger partial charge is 0.191 e. The molecule has 1 saturated heterocycles. The number of ether oxygens (including phenoxy) is 1. The fraction of sp³-hybridized carbons (Fsp3) is 0.750. The molecule has 0 radical (unpaired) electrons. The summed E-state index contributed by atoms with van der Waals surface area (Å²) in [6, 6.07) is 4.87. The Hall–Kier alpha value is -1.27. The molecule has 0 aromatic carbocycles. The Morgan fingerprint density at radius 1 is 1.27 bits per heavy atom. The zero-order valence-electron chi connectivity index (χ0n) is 16.1. The standard InChI is InChI=1S/C20H34N4OS/c1-2-21-20(22-12-6-15-25-18-7-3-4-8-18)23-17-10-13-24(14-11-17)19-9-5-16-26-19/h5,9,16-18H,2-4,6-8,10-15H2,1H3,(H2,21,22,23). The van der Waals surface area contributed by atoms with Gasteiger partial charge in [-0.3, -0.25) is 4.99 Å². The van der Waals surface area contributed by atoms with E-state index in [2.05, 4.69) is 40.0 Å². The van der Waals surface area contributed by atoms with E-state index in [9.17, 15) is 0 Å². The highest BCUT2D eigenvalue weighted by Gasteiger charge is 2.20. The van der Waals surface area contributed by atoms with Crippen LogP contribution in [-0.4, -0.2) is 50.9 Å². The van der Waals surface area contributed by atoms with Crippen LogP contribution in [0.5, 0.6) is 0 Å². The van der Waals surface area contributed by atoms with Crippen molar-refractivity contribution in [1.82, 2.24) is 10.6 Å². The van der Waals surface area contributed by atoms with Crippen molar-refractivity contribution >= 4 is 22.3 Å². The lowest BCUT2D eigenvalue weighted by molar-refractivity contribution is 0.0579. The van der Waals surface area contributed by atoms with Crippen LogP contribution in [0, 0.1) is 0 Å². The molecule has 2 aliphatic rings. The number of thiophene rings is 1. The van der Waals surface area contributed by atoms with Crippen molar-refractivity contribution in [3.63, 3.8) is 0 Å². The molecular formula is C20H34N4OS. The zero-order chi connectivity index (χ0) is 18.0. The fourth-order valence-corrected chi connectivity index (χ4v) is 4.55. The largest absolute Gasteiger partial charge is 0.378 e. The maximum Gasteiger partial charge on any atom is 0.191 e. The summed E-state index contributed by atoms with van der Waals surface area (Å²) < 4.78 is 5.93. The number of nitrogens with one attached hydrogen (secondary N) is 2. The van der Waals surface area contributed by atoms with Crippen LogP contribution in [0.2, 0.25) is 0 Å². The van der Waals surface area contributed by atoms with Crippen molar-refractivity contribution in [2.24, 2.45) is 4.99 Å². The molecule has 1 aromatic rings. The minimum Gasteiger partial charge on any atom is -0.378 e. The van der Waals surface area contributed by atoms with E-state index in [0.29, 0.717) is 12.1 Å². The van der Waals surface area contributed by atoms with E-state index in [1.807, 2.05) is 11.3 Å². The monoisotopic (exact) mass is 378 g/mol. The van der Waals surface area contributed by atoms with E-state index in [1.54, 1.807) is 0 Å². The first-order chi connectivity index (χ1) is 12.8. The van der Waals surface area contributed by atoms with Gasteiger partial charge in [-0.1, -0.05) is 12.8 Å². The Bertz CT molecular complexity index is 520. The number of hydrogen-bond donors (Lipinski definition) is 2. The topological polar surface area (TPSA) is 48.9 Å². The van der Waals surface area contributed by atoms with Crippen molar-refractivity contribution in [2.45, 2.75) is 64.0 Å². The Morgan fingerprint density at radius 3 is 2.77 bits per heavy atom. The van der Waals surface area contributed by atoms with Gasteiger partial charge < -0.3 is 20.3 Å². The third-order valence-electron chi connectivity index (χ3n) is 5.23. The molecule has 1 saturated carbocycles. The van der Waals surface area contributed by atoms with Crippen LogP contribution in [0.15, 0.2) is 22.5 Å². The van der Waals surface area contributed by atoms with Gasteiger partial charge in [-0.05, 0) is 56.5 Å². The van der Waals surface area contributed by atoms with Gasteiger partial charge in [0.25, 0.3) is 0 Å². The second kappa shape index (κ2) is 10.8. The van der Waals surface area contributed by atoms with Crippen molar-refractivity contribution in [2.75, 3.05) is 37.7 Å². The molecule has 0 amide bonds. The van der Waals surface area contributed by atoms with Gasteiger partial charge in [0.15, 0.2) is 5.96 Å². The number of aliphatic imine (C=N–C) groups is 1. The molecule has 2 N–H and O–H groups in total. The van der Waals surface area contributed by atoms with Gasteiger partial charge in [0.05, 0.1) is 11.1 Å². The quantitative estimate of drug-likeness (QED) is 0.412. The lowest BCUT2D eigenvalue weighted by atomic mass is 10.1. The molecule has 1 aliphatic carbocycles. The van der Waals surface area contributed by atoms with Crippen LogP contribution in [0.3, 0.4) is 0 Å². The van der Waals surface area contributed by atoms with E-state index in [0.717, 1.165) is 58.0 Å². The molecule has 3 rings (SSSR count). The normalized spacial score (nSPS) is 19.9. The maximum absolute atomic E-state index is 5.93. The van der Waals surface area contributed by atoms with Crippen molar-refractivity contribution in [3.05, 3.63) is 17.5 Å². The Labute approximate surface area is 162 Å². The maximum atomic E-state index is 5.93. The number of anilines is 1. The summed E-state index contributed by atoms with van der Waals surface area (Å²) in [6.07, 6.45) is 9.00. The second-order valence-corrected chi connectivity index (χ2v) is 8.17. The highest BCUT2D eigenvalue weighted by Crippen LogP contribution is 2.24. The first-order valence-electron chi connectivity index (χ1n) is 10.3. The van der Waals surface area contributed by atoms with Crippen LogP contribution in [-0.2, 0) is 4.74 Å². The summed E-state index contributed by atoms with van der Waals surface area (Å²) >= 11 is 1.83. The second-order valence-electron chi connectivity index (χ2n) is 7.25. The first-order valence-corrected chi connectivity index (χ1v) is 11.2. The van der Waals surface area contributed by atoms with E-state index in [-0.39, 0.29) is 0 Å². The Balaban J connectivity index is 1.35. The van der Waals surface area contributed by atoms with E-state index in [4.69, 9.17) is 9.73 Å². The number of piperidine rings is 1. The molecule has 5 nitrogen and oxygen atoms in total. The minimum atomic E-state index is 0.513. The van der Waals surface area contributed by atoms with Crippen LogP contribution >= 0.6 is 11.3 Å². The number of hydrogen-bond acceptors (Lipinski definition) is 4. The molecule has 1 aromatic heterocycles. The molecular weight excluding hydrogens is 344 g/mol. The first kappa shape index (κ1) is 19.5. The van der Waals surface area contributed by atoms with Crippen LogP contribution in [0.25, 0.3) is 0 Å². The molecule has 1 aliphatic heterocycles. The van der Waals surface area contributed by atoms with Gasteiger partial charge in [0, 0.05) is 38.8 Å². The molecule has 26 heavy (non-hydrogen) atoms. The SMILES string of the molecule is CCNC(=NCCCOC1CCCC1)NC1CCN(c2cccs2)CC1. The highest BCUT2D eigenvalue weighted by atomic mass is 32.1. The summed E-state index contributed by atoms with van der Waals surface area (Å²) in [5.74, 6) is 0.961. The zero-order valence-corrected chi connectivity index (χ0v) is 16.9. The molecule has 2 fully saturated rings. The van der Waals surface area contributed by atoms with Gasteiger partial charge in [0.2, 0.25) is 0 Å². The van der Waals surface area contributed by atoms with Crippen molar-refractivity contribution in [1.29, 1.82) is 0 Å². The lowest BCUT2D eigenvalue weighted by Gasteiger charge is -2.33. The number of nitrogens with zero attached hydrogens (tertiary/aromatic N) is 2. The van der Waals surface area contributed by atoms with Crippen molar-refractivity contribution in [3.8, 4) is 0 Å². The lowest BCUT2D eigenvalue weighted by Crippen LogP contribution is -2.48. The van der Waals surface area contributed by atoms with Crippen LogP contribution < -0.4 is 15.5 Å². The molecule has 0 bridgehead atoms.